The van der Waals surface area contributed by atoms with Gasteiger partial charge in [0, 0.05) is 13.1 Å². The Hall–Kier alpha value is -1.35. The summed E-state index contributed by atoms with van der Waals surface area (Å²) in [7, 11) is 0. The number of hydrogen-bond acceptors (Lipinski definition) is 2. The van der Waals surface area contributed by atoms with Crippen LogP contribution in [0.15, 0.2) is 18.2 Å². The zero-order valence-electron chi connectivity index (χ0n) is 7.21. The van der Waals surface area contributed by atoms with Crippen molar-refractivity contribution in [2.24, 2.45) is 0 Å². The van der Waals surface area contributed by atoms with Crippen LogP contribution in [-0.4, -0.2) is 11.1 Å². The van der Waals surface area contributed by atoms with Crippen LogP contribution in [0, 0.1) is 0 Å². The largest absolute Gasteiger partial charge is 0.481 e. The van der Waals surface area contributed by atoms with Crippen molar-refractivity contribution in [3.05, 3.63) is 34.9 Å². The van der Waals surface area contributed by atoms with Gasteiger partial charge >= 0.3 is 5.97 Å². The van der Waals surface area contributed by atoms with Crippen LogP contribution in [-0.2, 0) is 24.3 Å². The van der Waals surface area contributed by atoms with Gasteiger partial charge in [-0.05, 0) is 16.7 Å². The molecule has 0 atom stereocenters. The second-order valence-corrected chi connectivity index (χ2v) is 3.28. The van der Waals surface area contributed by atoms with E-state index in [1.807, 2.05) is 18.2 Å². The molecule has 1 heterocycles. The Balaban J connectivity index is 2.25. The quantitative estimate of drug-likeness (QED) is 0.706. The van der Waals surface area contributed by atoms with Crippen LogP contribution in [0.5, 0.6) is 0 Å². The molecular formula is C10H11NO2. The summed E-state index contributed by atoms with van der Waals surface area (Å²) >= 11 is 0. The van der Waals surface area contributed by atoms with E-state index in [0.29, 0.717) is 0 Å². The summed E-state index contributed by atoms with van der Waals surface area (Å²) in [6.45, 7) is 1.77. The maximum atomic E-state index is 10.5. The van der Waals surface area contributed by atoms with Crippen molar-refractivity contribution in [1.82, 2.24) is 5.32 Å². The van der Waals surface area contributed by atoms with Gasteiger partial charge in [-0.3, -0.25) is 4.79 Å². The van der Waals surface area contributed by atoms with E-state index in [1.165, 1.54) is 11.1 Å². The minimum Gasteiger partial charge on any atom is -0.481 e. The van der Waals surface area contributed by atoms with Crippen molar-refractivity contribution >= 4 is 5.97 Å². The summed E-state index contributed by atoms with van der Waals surface area (Å²) < 4.78 is 0. The summed E-state index contributed by atoms with van der Waals surface area (Å²) in [5.41, 5.74) is 3.41. The van der Waals surface area contributed by atoms with Crippen molar-refractivity contribution in [3.8, 4) is 0 Å². The number of aliphatic carboxylic acids is 1. The van der Waals surface area contributed by atoms with Crippen LogP contribution in [0.4, 0.5) is 0 Å². The van der Waals surface area contributed by atoms with E-state index < -0.39 is 5.97 Å². The third-order valence-electron chi connectivity index (χ3n) is 2.26. The summed E-state index contributed by atoms with van der Waals surface area (Å²) in [6, 6.07) is 5.87. The molecule has 1 aromatic carbocycles. The van der Waals surface area contributed by atoms with Crippen LogP contribution < -0.4 is 5.32 Å². The third-order valence-corrected chi connectivity index (χ3v) is 2.26. The molecule has 1 aliphatic rings. The van der Waals surface area contributed by atoms with Crippen LogP contribution in [0.25, 0.3) is 0 Å². The van der Waals surface area contributed by atoms with E-state index in [0.717, 1.165) is 18.7 Å². The highest BCUT2D eigenvalue weighted by molar-refractivity contribution is 5.70. The van der Waals surface area contributed by atoms with Gasteiger partial charge in [-0.15, -0.1) is 0 Å². The molecule has 2 rings (SSSR count). The van der Waals surface area contributed by atoms with Crippen molar-refractivity contribution in [3.63, 3.8) is 0 Å². The summed E-state index contributed by atoms with van der Waals surface area (Å²) in [5.74, 6) is -0.772. The summed E-state index contributed by atoms with van der Waals surface area (Å²) in [6.07, 6.45) is 0.118. The Morgan fingerprint density at radius 1 is 1.38 bits per heavy atom. The molecule has 0 radical (unpaired) electrons. The second-order valence-electron chi connectivity index (χ2n) is 3.28. The molecule has 2 N–H and O–H groups in total. The van der Waals surface area contributed by atoms with Crippen LogP contribution in [0.2, 0.25) is 0 Å². The monoisotopic (exact) mass is 177 g/mol. The molecule has 68 valence electrons. The van der Waals surface area contributed by atoms with E-state index in [9.17, 15) is 4.79 Å². The van der Waals surface area contributed by atoms with Gasteiger partial charge in [0.2, 0.25) is 0 Å². The first-order chi connectivity index (χ1) is 6.25. The number of hydrogen-bond donors (Lipinski definition) is 2. The minimum absolute atomic E-state index is 0.118. The lowest BCUT2D eigenvalue weighted by molar-refractivity contribution is -0.136. The zero-order chi connectivity index (χ0) is 9.26. The van der Waals surface area contributed by atoms with Crippen molar-refractivity contribution in [1.29, 1.82) is 0 Å². The van der Waals surface area contributed by atoms with E-state index in [-0.39, 0.29) is 6.42 Å². The molecule has 3 nitrogen and oxygen atoms in total. The fourth-order valence-corrected chi connectivity index (χ4v) is 1.63. The standard InChI is InChI=1S/C10H11NO2/c12-10(13)4-7-1-2-8-5-11-6-9(8)3-7/h1-3,11H,4-6H2,(H,12,13). The number of carbonyl (C=O) groups is 1. The molecule has 0 aliphatic carbocycles. The van der Waals surface area contributed by atoms with Gasteiger partial charge in [0.15, 0.2) is 0 Å². The molecule has 0 spiro atoms. The van der Waals surface area contributed by atoms with Gasteiger partial charge in [0.25, 0.3) is 0 Å². The normalized spacial score (nSPS) is 14.2. The molecule has 0 saturated heterocycles. The lowest BCUT2D eigenvalue weighted by Crippen LogP contribution is -2.01. The van der Waals surface area contributed by atoms with E-state index in [1.54, 1.807) is 0 Å². The first-order valence-electron chi connectivity index (χ1n) is 4.29. The molecular weight excluding hydrogens is 166 g/mol. The topological polar surface area (TPSA) is 49.3 Å². The number of rotatable bonds is 2. The average Bonchev–Trinajstić information content (AvgIpc) is 2.49. The van der Waals surface area contributed by atoms with Gasteiger partial charge in [-0.2, -0.15) is 0 Å². The molecule has 13 heavy (non-hydrogen) atoms. The Labute approximate surface area is 76.4 Å². The predicted octanol–water partition coefficient (Wildman–Crippen LogP) is 0.917. The molecule has 0 amide bonds. The zero-order valence-corrected chi connectivity index (χ0v) is 7.21. The minimum atomic E-state index is -0.772. The van der Waals surface area contributed by atoms with Crippen LogP contribution in [0.3, 0.4) is 0 Å². The Morgan fingerprint density at radius 3 is 2.92 bits per heavy atom. The predicted molar refractivity (Wildman–Crippen MR) is 48.3 cm³/mol. The van der Waals surface area contributed by atoms with Crippen molar-refractivity contribution in [2.75, 3.05) is 0 Å². The number of carboxylic acids is 1. The van der Waals surface area contributed by atoms with Crippen molar-refractivity contribution in [2.45, 2.75) is 19.5 Å². The fraction of sp³-hybridized carbons (Fsp3) is 0.300. The molecule has 1 aliphatic heterocycles. The van der Waals surface area contributed by atoms with Crippen LogP contribution in [0.1, 0.15) is 16.7 Å². The molecule has 1 aromatic rings. The lowest BCUT2D eigenvalue weighted by atomic mass is 10.0. The SMILES string of the molecule is O=C(O)Cc1ccc2c(c1)CNC2. The molecule has 0 saturated carbocycles. The van der Waals surface area contributed by atoms with Crippen LogP contribution >= 0.6 is 0 Å². The highest BCUT2D eigenvalue weighted by Gasteiger charge is 2.10. The smallest absolute Gasteiger partial charge is 0.307 e. The molecule has 0 fully saturated rings. The van der Waals surface area contributed by atoms with Gasteiger partial charge in [-0.25, -0.2) is 0 Å². The number of nitrogens with one attached hydrogen (secondary N) is 1. The maximum Gasteiger partial charge on any atom is 0.307 e. The highest BCUT2D eigenvalue weighted by atomic mass is 16.4. The Morgan fingerprint density at radius 2 is 2.15 bits per heavy atom. The lowest BCUT2D eigenvalue weighted by Gasteiger charge is -2.00. The van der Waals surface area contributed by atoms with E-state index in [2.05, 4.69) is 5.32 Å². The van der Waals surface area contributed by atoms with Gasteiger partial charge in [-0.1, -0.05) is 18.2 Å². The van der Waals surface area contributed by atoms with Gasteiger partial charge in [0.1, 0.15) is 0 Å². The van der Waals surface area contributed by atoms with Gasteiger partial charge < -0.3 is 10.4 Å². The molecule has 0 unspecified atom stereocenters. The fourth-order valence-electron chi connectivity index (χ4n) is 1.63. The van der Waals surface area contributed by atoms with Crippen molar-refractivity contribution < 1.29 is 9.90 Å². The molecule has 3 heteroatoms. The second kappa shape index (κ2) is 3.18. The third kappa shape index (κ3) is 1.70. The maximum absolute atomic E-state index is 10.5. The first-order valence-corrected chi connectivity index (χ1v) is 4.29. The molecule has 0 aromatic heterocycles. The Kier molecular flexibility index (Phi) is 2.02. The van der Waals surface area contributed by atoms with E-state index >= 15 is 0 Å². The molecule has 0 bridgehead atoms. The van der Waals surface area contributed by atoms with E-state index in [4.69, 9.17) is 5.11 Å². The first kappa shape index (κ1) is 8.26. The average molecular weight is 177 g/mol. The number of fused-ring (bicyclic) bond motifs is 1. The summed E-state index contributed by atoms with van der Waals surface area (Å²) in [5, 5.41) is 11.8. The number of carboxylic acid groups (broad SMARTS) is 1. The highest BCUT2D eigenvalue weighted by Crippen LogP contribution is 2.17. The number of benzene rings is 1. The Bertz CT molecular complexity index is 347. The summed E-state index contributed by atoms with van der Waals surface area (Å²) in [4.78, 5) is 10.5. The van der Waals surface area contributed by atoms with Gasteiger partial charge in [0.05, 0.1) is 6.42 Å².